The molecule has 0 aliphatic carbocycles. The van der Waals surface area contributed by atoms with Crippen molar-refractivity contribution in [1.82, 2.24) is 25.2 Å². The number of carbonyl (C=O) groups excluding carboxylic acids is 1. The van der Waals surface area contributed by atoms with Gasteiger partial charge in [-0.05, 0) is 48.0 Å². The number of rotatable bonds is 8. The van der Waals surface area contributed by atoms with E-state index in [1.807, 2.05) is 24.3 Å². The summed E-state index contributed by atoms with van der Waals surface area (Å²) in [6, 6.07) is 17.1. The summed E-state index contributed by atoms with van der Waals surface area (Å²) in [7, 11) is -2.82. The van der Waals surface area contributed by atoms with Gasteiger partial charge in [-0.3, -0.25) is 9.78 Å². The van der Waals surface area contributed by atoms with Gasteiger partial charge in [0.1, 0.15) is 24.3 Å². The normalized spacial score (nSPS) is 15.1. The van der Waals surface area contributed by atoms with E-state index in [1.54, 1.807) is 35.0 Å². The monoisotopic (exact) mass is 544 g/mol. The molecule has 0 bridgehead atoms. The van der Waals surface area contributed by atoms with Crippen molar-refractivity contribution in [2.24, 2.45) is 0 Å². The highest BCUT2D eigenvalue weighted by Gasteiger charge is 2.29. The zero-order chi connectivity index (χ0) is 27.0. The maximum absolute atomic E-state index is 13.8. The predicted octanol–water partition coefficient (Wildman–Crippen LogP) is 4.19. The van der Waals surface area contributed by atoms with Crippen LogP contribution in [0.1, 0.15) is 5.69 Å². The molecule has 3 aromatic heterocycles. The van der Waals surface area contributed by atoms with Crippen molar-refractivity contribution in [2.45, 2.75) is 23.2 Å². The second kappa shape index (κ2) is 10.1. The van der Waals surface area contributed by atoms with Crippen molar-refractivity contribution < 1.29 is 17.8 Å². The fourth-order valence-corrected chi connectivity index (χ4v) is 6.20. The third-order valence-corrected chi connectivity index (χ3v) is 9.10. The highest BCUT2D eigenvalue weighted by Crippen LogP contribution is 2.28. The van der Waals surface area contributed by atoms with E-state index >= 15 is 0 Å². The summed E-state index contributed by atoms with van der Waals surface area (Å²) >= 11 is 0. The molecule has 11 heteroatoms. The SMILES string of the molecule is N=S(=O)(c1ccc(-c2ccc(CNC(=O)Cn3c(-c4ncco4)cc4cc(F)ccc43)nc2)cc1)C1CNC1. The van der Waals surface area contributed by atoms with E-state index in [0.29, 0.717) is 46.2 Å². The van der Waals surface area contributed by atoms with Gasteiger partial charge in [0.2, 0.25) is 11.8 Å². The first-order chi connectivity index (χ1) is 18.9. The van der Waals surface area contributed by atoms with Crippen LogP contribution in [0.15, 0.2) is 88.6 Å². The topological polar surface area (TPSA) is 126 Å². The van der Waals surface area contributed by atoms with Crippen molar-refractivity contribution in [3.63, 3.8) is 0 Å². The molecule has 1 aliphatic heterocycles. The van der Waals surface area contributed by atoms with Crippen LogP contribution in [0.25, 0.3) is 33.6 Å². The van der Waals surface area contributed by atoms with Crippen molar-refractivity contribution in [3.05, 3.63) is 90.8 Å². The molecule has 1 atom stereocenters. The van der Waals surface area contributed by atoms with Gasteiger partial charge >= 0.3 is 0 Å². The van der Waals surface area contributed by atoms with E-state index in [1.165, 1.54) is 24.6 Å². The first-order valence-corrected chi connectivity index (χ1v) is 14.0. The molecule has 1 unspecified atom stereocenters. The summed E-state index contributed by atoms with van der Waals surface area (Å²) in [5.74, 6) is -0.266. The van der Waals surface area contributed by atoms with Crippen molar-refractivity contribution in [3.8, 4) is 22.7 Å². The lowest BCUT2D eigenvalue weighted by Gasteiger charge is -2.29. The summed E-state index contributed by atoms with van der Waals surface area (Å²) in [4.78, 5) is 22.1. The quantitative estimate of drug-likeness (QED) is 0.269. The van der Waals surface area contributed by atoms with Crippen molar-refractivity contribution >= 4 is 26.5 Å². The van der Waals surface area contributed by atoms with Crippen LogP contribution in [0.5, 0.6) is 0 Å². The molecule has 0 spiro atoms. The molecule has 6 rings (SSSR count). The Kier molecular flexibility index (Phi) is 6.45. The molecule has 0 saturated carbocycles. The maximum atomic E-state index is 13.8. The Bertz CT molecular complexity index is 1740. The summed E-state index contributed by atoms with van der Waals surface area (Å²) < 4.78 is 42.0. The van der Waals surface area contributed by atoms with Gasteiger partial charge in [0, 0.05) is 40.6 Å². The molecular weight excluding hydrogens is 519 g/mol. The molecule has 1 amide bonds. The van der Waals surface area contributed by atoms with Crippen LogP contribution in [0.3, 0.4) is 0 Å². The molecule has 9 nitrogen and oxygen atoms in total. The Labute approximate surface area is 224 Å². The Hall–Kier alpha value is -4.35. The average molecular weight is 545 g/mol. The van der Waals surface area contributed by atoms with E-state index in [-0.39, 0.29) is 30.1 Å². The van der Waals surface area contributed by atoms with Crippen molar-refractivity contribution in [1.29, 1.82) is 4.78 Å². The molecule has 198 valence electrons. The molecule has 5 aromatic rings. The largest absolute Gasteiger partial charge is 0.443 e. The van der Waals surface area contributed by atoms with Crippen LogP contribution in [0, 0.1) is 10.6 Å². The Morgan fingerprint density at radius 2 is 1.90 bits per heavy atom. The Balaban J connectivity index is 1.12. The maximum Gasteiger partial charge on any atom is 0.243 e. The molecule has 1 saturated heterocycles. The number of carbonyl (C=O) groups is 1. The number of aromatic nitrogens is 3. The molecular formula is C28H25FN6O3S. The van der Waals surface area contributed by atoms with E-state index in [4.69, 9.17) is 9.20 Å². The second-order valence-corrected chi connectivity index (χ2v) is 11.7. The van der Waals surface area contributed by atoms with E-state index in [2.05, 4.69) is 20.6 Å². The number of halogens is 1. The number of hydrogen-bond acceptors (Lipinski definition) is 7. The smallest absolute Gasteiger partial charge is 0.243 e. The molecule has 3 N–H and O–H groups in total. The lowest BCUT2D eigenvalue weighted by atomic mass is 10.1. The fraction of sp³-hybridized carbons (Fsp3) is 0.179. The van der Waals surface area contributed by atoms with Gasteiger partial charge < -0.3 is 19.6 Å². The lowest BCUT2D eigenvalue weighted by molar-refractivity contribution is -0.121. The number of hydrogen-bond donors (Lipinski definition) is 3. The number of nitrogens with one attached hydrogen (secondary N) is 3. The van der Waals surface area contributed by atoms with Crippen LogP contribution < -0.4 is 10.6 Å². The molecule has 1 fully saturated rings. The molecule has 1 aliphatic rings. The van der Waals surface area contributed by atoms with Crippen LogP contribution in [0.2, 0.25) is 0 Å². The summed E-state index contributed by atoms with van der Waals surface area (Å²) in [5, 5.41) is 6.46. The van der Waals surface area contributed by atoms with Crippen LogP contribution in [-0.2, 0) is 27.6 Å². The van der Waals surface area contributed by atoms with Crippen molar-refractivity contribution in [2.75, 3.05) is 13.1 Å². The van der Waals surface area contributed by atoms with Gasteiger partial charge in [-0.1, -0.05) is 18.2 Å². The minimum atomic E-state index is -2.82. The second-order valence-electron chi connectivity index (χ2n) is 9.38. The lowest BCUT2D eigenvalue weighted by Crippen LogP contribution is -2.51. The molecule has 2 aromatic carbocycles. The molecule has 4 heterocycles. The van der Waals surface area contributed by atoms with Crippen LogP contribution in [-0.4, -0.2) is 43.0 Å². The zero-order valence-corrected chi connectivity index (χ0v) is 21.6. The van der Waals surface area contributed by atoms with Gasteiger partial charge in [-0.25, -0.2) is 18.4 Å². The van der Waals surface area contributed by atoms with Crippen LogP contribution >= 0.6 is 0 Å². The van der Waals surface area contributed by atoms with E-state index in [9.17, 15) is 13.4 Å². The standard InChI is InChI=1S/C28H25FN6O3S/c29-21-4-8-25-20(11-21)12-26(28-32-9-10-38-28)35(25)17-27(36)34-14-22-5-1-19(13-33-22)18-2-6-23(7-3-18)39(30,37)24-15-31-16-24/h1-13,24,30-31H,14-17H2,(H,34,36). The number of amides is 1. The predicted molar refractivity (Wildman–Crippen MR) is 145 cm³/mol. The highest BCUT2D eigenvalue weighted by atomic mass is 32.2. The summed E-state index contributed by atoms with van der Waals surface area (Å²) in [6.07, 6.45) is 4.68. The van der Waals surface area contributed by atoms with Gasteiger partial charge in [-0.2, -0.15) is 0 Å². The first kappa shape index (κ1) is 25.0. The minimum Gasteiger partial charge on any atom is -0.443 e. The first-order valence-electron chi connectivity index (χ1n) is 12.4. The fourth-order valence-electron chi connectivity index (χ4n) is 4.57. The Morgan fingerprint density at radius 1 is 1.10 bits per heavy atom. The van der Waals surface area contributed by atoms with Gasteiger partial charge in [0.05, 0.1) is 33.4 Å². The van der Waals surface area contributed by atoms with E-state index < -0.39 is 9.73 Å². The van der Waals surface area contributed by atoms with Gasteiger partial charge in [0.15, 0.2) is 0 Å². The Morgan fingerprint density at radius 3 is 2.56 bits per heavy atom. The average Bonchev–Trinajstić information content (AvgIpc) is 3.55. The third kappa shape index (κ3) is 4.93. The number of fused-ring (bicyclic) bond motifs is 1. The minimum absolute atomic E-state index is 0.00656. The third-order valence-electron chi connectivity index (χ3n) is 6.86. The van der Waals surface area contributed by atoms with Crippen LogP contribution in [0.4, 0.5) is 4.39 Å². The van der Waals surface area contributed by atoms with E-state index in [0.717, 1.165) is 11.1 Å². The number of nitrogens with zero attached hydrogens (tertiary/aromatic N) is 3. The number of oxazole rings is 1. The zero-order valence-electron chi connectivity index (χ0n) is 20.8. The highest BCUT2D eigenvalue weighted by molar-refractivity contribution is 7.93. The van der Waals surface area contributed by atoms with Gasteiger partial charge in [-0.15, -0.1) is 0 Å². The summed E-state index contributed by atoms with van der Waals surface area (Å²) in [6.45, 7) is 1.44. The number of pyridine rings is 1. The summed E-state index contributed by atoms with van der Waals surface area (Å²) in [5.41, 5.74) is 3.73. The molecule has 0 radical (unpaired) electrons. The number of benzene rings is 2. The van der Waals surface area contributed by atoms with Gasteiger partial charge in [0.25, 0.3) is 0 Å². The molecule has 39 heavy (non-hydrogen) atoms.